The second-order valence-electron chi connectivity index (χ2n) is 5.72. The maximum absolute atomic E-state index is 12.9. The molecule has 0 fully saturated rings. The Morgan fingerprint density at radius 3 is 3.00 bits per heavy atom. The lowest BCUT2D eigenvalue weighted by atomic mass is 9.93. The number of carbonyl (C=O) groups is 1. The minimum Gasteiger partial charge on any atom is -0.395 e. The van der Waals surface area contributed by atoms with E-state index in [0.29, 0.717) is 13.1 Å². The molecule has 3 rings (SSSR count). The van der Waals surface area contributed by atoms with Crippen LogP contribution in [0.3, 0.4) is 0 Å². The second-order valence-corrected chi connectivity index (χ2v) is 6.60. The number of H-pyrrole nitrogens is 1. The average Bonchev–Trinajstić information content (AvgIpc) is 3.12. The van der Waals surface area contributed by atoms with Crippen molar-refractivity contribution in [1.82, 2.24) is 14.9 Å². The summed E-state index contributed by atoms with van der Waals surface area (Å²) in [5, 5.41) is 11.4. The van der Waals surface area contributed by atoms with Gasteiger partial charge in [-0.05, 0) is 49.1 Å². The summed E-state index contributed by atoms with van der Waals surface area (Å²) in [6, 6.07) is 0. The Morgan fingerprint density at radius 1 is 1.45 bits per heavy atom. The number of amides is 1. The van der Waals surface area contributed by atoms with E-state index in [1.54, 1.807) is 22.4 Å². The fourth-order valence-corrected chi connectivity index (χ4v) is 4.10. The molecule has 5 nitrogen and oxygen atoms in total. The number of rotatable bonds is 5. The molecule has 2 N–H and O–H groups in total. The van der Waals surface area contributed by atoms with Crippen molar-refractivity contribution in [1.29, 1.82) is 0 Å². The first-order chi connectivity index (χ1) is 10.7. The van der Waals surface area contributed by atoms with Crippen molar-refractivity contribution in [2.75, 3.05) is 13.2 Å². The molecule has 1 aliphatic carbocycles. The van der Waals surface area contributed by atoms with Crippen LogP contribution < -0.4 is 0 Å². The SMILES string of the molecule is Cc1ncc(CN(CCO)C(=O)c2scc3c2CCCC3)[nH]1. The van der Waals surface area contributed by atoms with Crippen molar-refractivity contribution in [3.63, 3.8) is 0 Å². The normalized spacial score (nSPS) is 13.9. The number of hydrogen-bond donors (Lipinski definition) is 2. The molecule has 0 saturated carbocycles. The minimum absolute atomic E-state index is 0.0226. The molecular weight excluding hydrogens is 298 g/mol. The van der Waals surface area contributed by atoms with Gasteiger partial charge in [0, 0.05) is 6.54 Å². The predicted octanol–water partition coefficient (Wildman–Crippen LogP) is 2.29. The summed E-state index contributed by atoms with van der Waals surface area (Å²) >= 11 is 1.54. The first kappa shape index (κ1) is 15.2. The van der Waals surface area contributed by atoms with Crippen LogP contribution in [-0.4, -0.2) is 39.0 Å². The van der Waals surface area contributed by atoms with E-state index in [4.69, 9.17) is 0 Å². The summed E-state index contributed by atoms with van der Waals surface area (Å²) in [5.41, 5.74) is 3.45. The number of aliphatic hydroxyl groups is 1. The molecule has 0 bridgehead atoms. The van der Waals surface area contributed by atoms with Crippen LogP contribution in [0.4, 0.5) is 0 Å². The highest BCUT2D eigenvalue weighted by Crippen LogP contribution is 2.30. The summed E-state index contributed by atoms with van der Waals surface area (Å²) in [6.07, 6.45) is 6.20. The monoisotopic (exact) mass is 319 g/mol. The summed E-state index contributed by atoms with van der Waals surface area (Å²) in [6.45, 7) is 2.64. The van der Waals surface area contributed by atoms with Gasteiger partial charge in [-0.25, -0.2) is 4.98 Å². The van der Waals surface area contributed by atoms with Crippen molar-refractivity contribution in [2.45, 2.75) is 39.2 Å². The average molecular weight is 319 g/mol. The molecule has 0 atom stereocenters. The molecule has 22 heavy (non-hydrogen) atoms. The molecular formula is C16H21N3O2S. The number of nitrogens with zero attached hydrogens (tertiary/aromatic N) is 2. The quantitative estimate of drug-likeness (QED) is 0.888. The molecule has 2 aromatic rings. The lowest BCUT2D eigenvalue weighted by Gasteiger charge is -2.22. The third-order valence-corrected chi connectivity index (χ3v) is 5.13. The van der Waals surface area contributed by atoms with Gasteiger partial charge in [0.05, 0.1) is 29.9 Å². The van der Waals surface area contributed by atoms with Gasteiger partial charge in [0.15, 0.2) is 0 Å². The van der Waals surface area contributed by atoms with Gasteiger partial charge in [-0.1, -0.05) is 0 Å². The summed E-state index contributed by atoms with van der Waals surface area (Å²) in [7, 11) is 0. The Labute approximate surface area is 134 Å². The van der Waals surface area contributed by atoms with Crippen molar-refractivity contribution >= 4 is 17.2 Å². The first-order valence-corrected chi connectivity index (χ1v) is 8.57. The number of aliphatic hydroxyl groups excluding tert-OH is 1. The van der Waals surface area contributed by atoms with E-state index in [1.165, 1.54) is 17.5 Å². The summed E-state index contributed by atoms with van der Waals surface area (Å²) in [5.74, 6) is 0.856. The molecule has 118 valence electrons. The topological polar surface area (TPSA) is 69.2 Å². The standard InChI is InChI=1S/C16H21N3O2S/c1-11-17-8-13(18-11)9-19(6-7-20)16(21)15-14-5-3-2-4-12(14)10-22-15/h8,10,20H,2-7,9H2,1H3,(H,17,18). The van der Waals surface area contributed by atoms with Crippen LogP contribution in [0.1, 0.15) is 45.2 Å². The minimum atomic E-state index is -0.0353. The lowest BCUT2D eigenvalue weighted by molar-refractivity contribution is 0.0709. The van der Waals surface area contributed by atoms with E-state index < -0.39 is 0 Å². The molecule has 1 amide bonds. The smallest absolute Gasteiger partial charge is 0.264 e. The molecule has 0 aliphatic heterocycles. The van der Waals surface area contributed by atoms with E-state index in [2.05, 4.69) is 15.3 Å². The Balaban J connectivity index is 1.81. The zero-order valence-electron chi connectivity index (χ0n) is 12.8. The van der Waals surface area contributed by atoms with Gasteiger partial charge in [0.25, 0.3) is 5.91 Å². The molecule has 6 heteroatoms. The third kappa shape index (κ3) is 3.08. The largest absolute Gasteiger partial charge is 0.395 e. The van der Waals surface area contributed by atoms with Crippen molar-refractivity contribution in [3.05, 3.63) is 39.1 Å². The highest BCUT2D eigenvalue weighted by Gasteiger charge is 2.24. The van der Waals surface area contributed by atoms with Crippen molar-refractivity contribution in [2.24, 2.45) is 0 Å². The Bertz CT molecular complexity index is 662. The molecule has 2 heterocycles. The van der Waals surface area contributed by atoms with Crippen LogP contribution >= 0.6 is 11.3 Å². The Hall–Kier alpha value is -1.66. The van der Waals surface area contributed by atoms with E-state index in [-0.39, 0.29) is 12.5 Å². The predicted molar refractivity (Wildman–Crippen MR) is 86.1 cm³/mol. The van der Waals surface area contributed by atoms with Crippen LogP contribution in [0.2, 0.25) is 0 Å². The van der Waals surface area contributed by atoms with Gasteiger partial charge in [0.2, 0.25) is 0 Å². The van der Waals surface area contributed by atoms with Crippen molar-refractivity contribution < 1.29 is 9.90 Å². The van der Waals surface area contributed by atoms with Gasteiger partial charge in [-0.3, -0.25) is 4.79 Å². The number of thiophene rings is 1. The van der Waals surface area contributed by atoms with Crippen molar-refractivity contribution in [3.8, 4) is 0 Å². The van der Waals surface area contributed by atoms with E-state index in [1.807, 2.05) is 6.92 Å². The zero-order valence-corrected chi connectivity index (χ0v) is 13.6. The van der Waals surface area contributed by atoms with Gasteiger partial charge in [0.1, 0.15) is 5.82 Å². The van der Waals surface area contributed by atoms with Gasteiger partial charge >= 0.3 is 0 Å². The zero-order chi connectivity index (χ0) is 15.5. The third-order valence-electron chi connectivity index (χ3n) is 4.07. The molecule has 0 unspecified atom stereocenters. The van der Waals surface area contributed by atoms with E-state index >= 15 is 0 Å². The van der Waals surface area contributed by atoms with Crippen LogP contribution in [0.25, 0.3) is 0 Å². The lowest BCUT2D eigenvalue weighted by Crippen LogP contribution is -2.33. The molecule has 0 aromatic carbocycles. The van der Waals surface area contributed by atoms with E-state index in [9.17, 15) is 9.90 Å². The number of aromatic amines is 1. The number of hydrogen-bond acceptors (Lipinski definition) is 4. The highest BCUT2D eigenvalue weighted by molar-refractivity contribution is 7.12. The maximum atomic E-state index is 12.9. The maximum Gasteiger partial charge on any atom is 0.264 e. The molecule has 1 aliphatic rings. The second kappa shape index (κ2) is 6.62. The Morgan fingerprint density at radius 2 is 2.27 bits per heavy atom. The number of carbonyl (C=O) groups excluding carboxylic acids is 1. The molecule has 2 aromatic heterocycles. The van der Waals surface area contributed by atoms with Gasteiger partial charge < -0.3 is 15.0 Å². The Kier molecular flexibility index (Phi) is 4.59. The van der Waals surface area contributed by atoms with Gasteiger partial charge in [-0.2, -0.15) is 0 Å². The molecule has 0 radical (unpaired) electrons. The van der Waals surface area contributed by atoms with E-state index in [0.717, 1.165) is 35.7 Å². The number of aryl methyl sites for hydroxylation is 2. The number of nitrogens with one attached hydrogen (secondary N) is 1. The first-order valence-electron chi connectivity index (χ1n) is 7.69. The highest BCUT2D eigenvalue weighted by atomic mass is 32.1. The fraction of sp³-hybridized carbons (Fsp3) is 0.500. The number of imidazole rings is 1. The molecule has 0 spiro atoms. The van der Waals surface area contributed by atoms with Crippen LogP contribution in [0, 0.1) is 6.92 Å². The van der Waals surface area contributed by atoms with Gasteiger partial charge in [-0.15, -0.1) is 11.3 Å². The van der Waals surface area contributed by atoms with Crippen LogP contribution in [0.15, 0.2) is 11.6 Å². The fourth-order valence-electron chi connectivity index (χ4n) is 2.97. The van der Waals surface area contributed by atoms with Crippen LogP contribution in [0.5, 0.6) is 0 Å². The molecule has 0 saturated heterocycles. The summed E-state index contributed by atoms with van der Waals surface area (Å²) in [4.78, 5) is 22.7. The summed E-state index contributed by atoms with van der Waals surface area (Å²) < 4.78 is 0. The number of fused-ring (bicyclic) bond motifs is 1. The van der Waals surface area contributed by atoms with Crippen LogP contribution in [-0.2, 0) is 19.4 Å². The number of aromatic nitrogens is 2.